The van der Waals surface area contributed by atoms with Crippen LogP contribution in [0, 0.1) is 5.92 Å². The zero-order valence-electron chi connectivity index (χ0n) is 9.24. The first-order valence-corrected chi connectivity index (χ1v) is 6.67. The zero-order chi connectivity index (χ0) is 11.0. The van der Waals surface area contributed by atoms with Crippen molar-refractivity contribution >= 4 is 10.7 Å². The summed E-state index contributed by atoms with van der Waals surface area (Å²) in [6.07, 6.45) is 6.35. The highest BCUT2D eigenvalue weighted by Gasteiger charge is 2.03. The van der Waals surface area contributed by atoms with Gasteiger partial charge in [-0.15, -0.1) is 0 Å². The Hall–Kier alpha value is -0.0900. The Kier molecular flexibility index (Phi) is 8.18. The molecule has 0 aromatic carbocycles. The zero-order valence-corrected chi connectivity index (χ0v) is 10.1. The van der Waals surface area contributed by atoms with Crippen LogP contribution in [0.5, 0.6) is 0 Å². The molecule has 0 amide bonds. The molecule has 0 bridgehead atoms. The molecule has 1 unspecified atom stereocenters. The molecule has 0 heterocycles. The van der Waals surface area contributed by atoms with E-state index in [1.54, 1.807) is 0 Å². The summed E-state index contributed by atoms with van der Waals surface area (Å²) in [6.45, 7) is 4.44. The lowest BCUT2D eigenvalue weighted by Gasteiger charge is -2.05. The van der Waals surface area contributed by atoms with Gasteiger partial charge in [0.2, 0.25) is 0 Å². The summed E-state index contributed by atoms with van der Waals surface area (Å²) in [7, 11) is -2.42. The Morgan fingerprint density at radius 1 is 1.00 bits per heavy atom. The number of hydrogen-bond acceptors (Lipinski definition) is 3. The number of thiol groups is 1. The Morgan fingerprint density at radius 3 is 1.93 bits per heavy atom. The first-order chi connectivity index (χ1) is 6.54. The summed E-state index contributed by atoms with van der Waals surface area (Å²) in [5.74, 6) is 0.772. The highest BCUT2D eigenvalue weighted by molar-refractivity contribution is 7.73. The van der Waals surface area contributed by atoms with Gasteiger partial charge in [0.25, 0.3) is 0 Å². The summed E-state index contributed by atoms with van der Waals surface area (Å²) in [4.78, 5) is 0. The van der Waals surface area contributed by atoms with E-state index >= 15 is 0 Å². The van der Waals surface area contributed by atoms with Crippen LogP contribution in [-0.4, -0.2) is 13.8 Å². The van der Waals surface area contributed by atoms with Gasteiger partial charge in [-0.3, -0.25) is 0 Å². The summed E-state index contributed by atoms with van der Waals surface area (Å²) in [5.41, 5.74) is 5.38. The van der Waals surface area contributed by atoms with Crippen molar-refractivity contribution in [3.8, 4) is 0 Å². The van der Waals surface area contributed by atoms with Crippen molar-refractivity contribution in [3.63, 3.8) is 0 Å². The smallest absolute Gasteiger partial charge is 0.155 e. The third-order valence-corrected chi connectivity index (χ3v) is 3.10. The number of nitrogens with two attached hydrogens (primary N) is 1. The predicted octanol–water partition coefficient (Wildman–Crippen LogP) is 1.88. The molecule has 0 saturated heterocycles. The van der Waals surface area contributed by atoms with E-state index in [2.05, 4.69) is 13.8 Å². The van der Waals surface area contributed by atoms with Gasteiger partial charge in [-0.1, -0.05) is 46.0 Å². The van der Waals surface area contributed by atoms with Gasteiger partial charge in [0.1, 0.15) is 5.37 Å². The topological polar surface area (TPSA) is 60.2 Å². The molecule has 86 valence electrons. The number of unbranched alkanes of at least 4 members (excludes halogenated alkanes) is 3. The van der Waals surface area contributed by atoms with Crippen molar-refractivity contribution in [1.82, 2.24) is 0 Å². The van der Waals surface area contributed by atoms with Crippen LogP contribution in [0.2, 0.25) is 0 Å². The van der Waals surface area contributed by atoms with Crippen molar-refractivity contribution in [1.29, 1.82) is 0 Å². The van der Waals surface area contributed by atoms with Gasteiger partial charge in [0.05, 0.1) is 0 Å². The predicted molar refractivity (Wildman–Crippen MR) is 60.8 cm³/mol. The van der Waals surface area contributed by atoms with E-state index in [-0.39, 0.29) is 0 Å². The largest absolute Gasteiger partial charge is 0.315 e. The van der Waals surface area contributed by atoms with E-state index in [1.165, 1.54) is 19.3 Å². The van der Waals surface area contributed by atoms with Gasteiger partial charge in [0, 0.05) is 0 Å². The number of hydrogen-bond donors (Lipinski definition) is 2. The molecule has 0 radical (unpaired) electrons. The fraction of sp³-hybridized carbons (Fsp3) is 1.00. The Balaban J connectivity index is 3.21. The third-order valence-electron chi connectivity index (χ3n) is 2.30. The van der Waals surface area contributed by atoms with E-state index in [0.717, 1.165) is 18.8 Å². The van der Waals surface area contributed by atoms with Crippen LogP contribution in [-0.2, 0) is 10.7 Å². The van der Waals surface area contributed by atoms with Crippen molar-refractivity contribution in [3.05, 3.63) is 0 Å². The summed E-state index contributed by atoms with van der Waals surface area (Å²) < 4.78 is 20.8. The van der Waals surface area contributed by atoms with Crippen LogP contribution in [0.3, 0.4) is 0 Å². The van der Waals surface area contributed by atoms with Gasteiger partial charge >= 0.3 is 0 Å². The van der Waals surface area contributed by atoms with Crippen LogP contribution in [0.1, 0.15) is 52.4 Å². The Labute approximate surface area is 89.0 Å². The van der Waals surface area contributed by atoms with E-state index in [9.17, 15) is 8.42 Å². The first-order valence-electron chi connectivity index (χ1n) is 5.43. The third kappa shape index (κ3) is 8.51. The quantitative estimate of drug-likeness (QED) is 0.486. The summed E-state index contributed by atoms with van der Waals surface area (Å²) >= 11 is 0. The Morgan fingerprint density at radius 2 is 1.50 bits per heavy atom. The molecule has 0 aliphatic carbocycles. The van der Waals surface area contributed by atoms with Crippen LogP contribution in [0.25, 0.3) is 0 Å². The first kappa shape index (κ1) is 13.9. The van der Waals surface area contributed by atoms with Crippen molar-refractivity contribution in [2.24, 2.45) is 11.7 Å². The van der Waals surface area contributed by atoms with Gasteiger partial charge in [-0.2, -0.15) is 0 Å². The molecule has 2 N–H and O–H groups in total. The maximum absolute atomic E-state index is 10.4. The molecule has 14 heavy (non-hydrogen) atoms. The maximum Gasteiger partial charge on any atom is 0.155 e. The Bertz CT molecular complexity index is 194. The second kappa shape index (κ2) is 8.24. The minimum atomic E-state index is -2.42. The maximum atomic E-state index is 10.4. The highest BCUT2D eigenvalue weighted by atomic mass is 32.2. The standard InChI is InChI=1S/C10H23NO2S/c1-9(2)7-5-3-4-6-8-10(11)14(12)13/h9-10,14H,3-8,11H2,1-2H3. The molecular formula is C10H23NO2S. The molecule has 0 aromatic heterocycles. The molecule has 4 heteroatoms. The molecule has 0 fully saturated rings. The second-order valence-corrected chi connectivity index (χ2v) is 5.47. The SMILES string of the molecule is CC(C)CCCCCCC(N)[SH](=O)=O. The van der Waals surface area contributed by atoms with E-state index in [0.29, 0.717) is 6.42 Å². The van der Waals surface area contributed by atoms with Crippen molar-refractivity contribution < 1.29 is 8.42 Å². The molecule has 0 aliphatic heterocycles. The molecule has 0 aromatic rings. The lowest BCUT2D eigenvalue weighted by atomic mass is 10.0. The highest BCUT2D eigenvalue weighted by Crippen LogP contribution is 2.11. The minimum Gasteiger partial charge on any atom is -0.315 e. The van der Waals surface area contributed by atoms with Gasteiger partial charge in [0.15, 0.2) is 10.7 Å². The molecule has 0 rings (SSSR count). The number of rotatable bonds is 8. The molecule has 0 spiro atoms. The van der Waals surface area contributed by atoms with Crippen LogP contribution in [0.15, 0.2) is 0 Å². The average Bonchev–Trinajstić information content (AvgIpc) is 2.09. The average molecular weight is 221 g/mol. The van der Waals surface area contributed by atoms with E-state index in [1.807, 2.05) is 0 Å². The fourth-order valence-electron chi connectivity index (χ4n) is 1.37. The van der Waals surface area contributed by atoms with Crippen molar-refractivity contribution in [2.45, 2.75) is 57.7 Å². The van der Waals surface area contributed by atoms with E-state index in [4.69, 9.17) is 5.73 Å². The van der Waals surface area contributed by atoms with Gasteiger partial charge in [-0.25, -0.2) is 8.42 Å². The van der Waals surface area contributed by atoms with Crippen LogP contribution >= 0.6 is 0 Å². The van der Waals surface area contributed by atoms with E-state index < -0.39 is 16.1 Å². The fourth-order valence-corrected chi connectivity index (χ4v) is 1.76. The van der Waals surface area contributed by atoms with Gasteiger partial charge < -0.3 is 5.73 Å². The lowest BCUT2D eigenvalue weighted by molar-refractivity contribution is 0.511. The molecule has 0 aliphatic rings. The molecular weight excluding hydrogens is 198 g/mol. The molecule has 0 saturated carbocycles. The minimum absolute atomic E-state index is 0.611. The lowest BCUT2D eigenvalue weighted by Crippen LogP contribution is -2.20. The normalized spacial score (nSPS) is 13.8. The van der Waals surface area contributed by atoms with Gasteiger partial charge in [-0.05, 0) is 12.3 Å². The summed E-state index contributed by atoms with van der Waals surface area (Å²) in [5, 5.41) is -0.630. The molecule has 3 nitrogen and oxygen atoms in total. The van der Waals surface area contributed by atoms with Crippen molar-refractivity contribution in [2.75, 3.05) is 0 Å². The second-order valence-electron chi connectivity index (χ2n) is 4.24. The monoisotopic (exact) mass is 221 g/mol. The summed E-state index contributed by atoms with van der Waals surface area (Å²) in [6, 6.07) is 0. The van der Waals surface area contributed by atoms with Crippen LogP contribution < -0.4 is 5.73 Å². The molecule has 1 atom stereocenters. The van der Waals surface area contributed by atoms with Crippen LogP contribution in [0.4, 0.5) is 0 Å².